The first-order valence-corrected chi connectivity index (χ1v) is 6.34. The summed E-state index contributed by atoms with van der Waals surface area (Å²) in [4.78, 5) is 15.5. The number of amides is 1. The molecule has 0 aromatic carbocycles. The molecule has 0 saturated carbocycles. The Balaban J connectivity index is 0.00000144. The van der Waals surface area contributed by atoms with Crippen molar-refractivity contribution < 1.29 is 9.90 Å². The van der Waals surface area contributed by atoms with Crippen LogP contribution in [0, 0.1) is 0 Å². The number of hydrogen-bond donors (Lipinski definition) is 1. The van der Waals surface area contributed by atoms with Crippen LogP contribution in [-0.2, 0) is 4.79 Å². The van der Waals surface area contributed by atoms with Gasteiger partial charge in [-0.2, -0.15) is 0 Å². The Hall–Kier alpha value is -0.610. The van der Waals surface area contributed by atoms with E-state index in [-0.39, 0.29) is 19.4 Å². The SMILES string of the molecule is C.CC(=O)N1CCC(N2CCCC(O)C2)CC1. The lowest BCUT2D eigenvalue weighted by Crippen LogP contribution is -2.50. The maximum atomic E-state index is 11.2. The average molecular weight is 242 g/mol. The second-order valence-corrected chi connectivity index (χ2v) is 5.03. The van der Waals surface area contributed by atoms with E-state index in [9.17, 15) is 9.90 Å². The molecular weight excluding hydrogens is 216 g/mol. The number of aliphatic hydroxyl groups excluding tert-OH is 1. The zero-order valence-electron chi connectivity index (χ0n) is 10.1. The van der Waals surface area contributed by atoms with E-state index in [4.69, 9.17) is 0 Å². The molecule has 1 N–H and O–H groups in total. The summed E-state index contributed by atoms with van der Waals surface area (Å²) in [5.41, 5.74) is 0. The van der Waals surface area contributed by atoms with Crippen LogP contribution >= 0.6 is 0 Å². The topological polar surface area (TPSA) is 43.8 Å². The van der Waals surface area contributed by atoms with E-state index in [0.717, 1.165) is 51.9 Å². The molecule has 4 nitrogen and oxygen atoms in total. The Morgan fingerprint density at radius 1 is 1.18 bits per heavy atom. The first-order valence-electron chi connectivity index (χ1n) is 6.34. The highest BCUT2D eigenvalue weighted by Crippen LogP contribution is 2.20. The van der Waals surface area contributed by atoms with Gasteiger partial charge in [0.05, 0.1) is 6.10 Å². The zero-order valence-corrected chi connectivity index (χ0v) is 10.1. The number of β-amino-alcohol motifs (C(OH)–C–C–N with tert-alkyl or cyclic N) is 1. The molecule has 0 bridgehead atoms. The van der Waals surface area contributed by atoms with Crippen LogP contribution in [0.4, 0.5) is 0 Å². The molecule has 0 aromatic rings. The van der Waals surface area contributed by atoms with Crippen LogP contribution in [0.1, 0.15) is 40.0 Å². The summed E-state index contributed by atoms with van der Waals surface area (Å²) in [5, 5.41) is 9.64. The van der Waals surface area contributed by atoms with Gasteiger partial charge < -0.3 is 10.0 Å². The van der Waals surface area contributed by atoms with E-state index >= 15 is 0 Å². The number of carbonyl (C=O) groups is 1. The lowest BCUT2D eigenvalue weighted by molar-refractivity contribution is -0.130. The molecule has 0 aromatic heterocycles. The number of piperidine rings is 2. The minimum atomic E-state index is -0.139. The molecule has 2 aliphatic heterocycles. The number of aliphatic hydroxyl groups is 1. The van der Waals surface area contributed by atoms with Gasteiger partial charge in [0.15, 0.2) is 0 Å². The standard InChI is InChI=1S/C12H22N2O2.CH4/c1-10(15)13-7-4-11(5-8-13)14-6-2-3-12(16)9-14;/h11-12,16H,2-9H2,1H3;1H4. The third-order valence-electron chi connectivity index (χ3n) is 3.85. The fourth-order valence-electron chi connectivity index (χ4n) is 2.86. The van der Waals surface area contributed by atoms with E-state index in [0.29, 0.717) is 6.04 Å². The van der Waals surface area contributed by atoms with Crippen LogP contribution < -0.4 is 0 Å². The molecule has 1 unspecified atom stereocenters. The molecule has 2 fully saturated rings. The number of likely N-dealkylation sites (tertiary alicyclic amines) is 2. The van der Waals surface area contributed by atoms with Crippen LogP contribution in [0.15, 0.2) is 0 Å². The van der Waals surface area contributed by atoms with Gasteiger partial charge in [0, 0.05) is 32.6 Å². The quantitative estimate of drug-likeness (QED) is 0.748. The summed E-state index contributed by atoms with van der Waals surface area (Å²) in [7, 11) is 0. The summed E-state index contributed by atoms with van der Waals surface area (Å²) in [5.74, 6) is 0.192. The molecule has 100 valence electrons. The van der Waals surface area contributed by atoms with Crippen molar-refractivity contribution in [2.45, 2.75) is 52.2 Å². The fraction of sp³-hybridized carbons (Fsp3) is 0.923. The van der Waals surface area contributed by atoms with E-state index in [1.54, 1.807) is 6.92 Å². The summed E-state index contributed by atoms with van der Waals surface area (Å²) in [6, 6.07) is 0.575. The van der Waals surface area contributed by atoms with Crippen molar-refractivity contribution in [1.29, 1.82) is 0 Å². The first kappa shape index (κ1) is 14.5. The maximum absolute atomic E-state index is 11.2. The maximum Gasteiger partial charge on any atom is 0.219 e. The molecule has 4 heteroatoms. The molecule has 2 rings (SSSR count). The molecule has 2 saturated heterocycles. The summed E-state index contributed by atoms with van der Waals surface area (Å²) < 4.78 is 0. The second-order valence-electron chi connectivity index (χ2n) is 5.03. The molecule has 0 radical (unpaired) electrons. The third-order valence-corrected chi connectivity index (χ3v) is 3.85. The van der Waals surface area contributed by atoms with Crippen molar-refractivity contribution in [2.75, 3.05) is 26.2 Å². The Morgan fingerprint density at radius 3 is 2.35 bits per heavy atom. The molecule has 2 heterocycles. The first-order chi connectivity index (χ1) is 7.66. The highest BCUT2D eigenvalue weighted by atomic mass is 16.3. The van der Waals surface area contributed by atoms with Crippen molar-refractivity contribution in [3.05, 3.63) is 0 Å². The van der Waals surface area contributed by atoms with Crippen molar-refractivity contribution in [3.63, 3.8) is 0 Å². The molecule has 2 aliphatic rings. The normalized spacial score (nSPS) is 27.6. The van der Waals surface area contributed by atoms with E-state index in [1.165, 1.54) is 0 Å². The van der Waals surface area contributed by atoms with Crippen molar-refractivity contribution in [1.82, 2.24) is 9.80 Å². The van der Waals surface area contributed by atoms with Crippen molar-refractivity contribution in [2.24, 2.45) is 0 Å². The minimum Gasteiger partial charge on any atom is -0.392 e. The predicted octanol–water partition coefficient (Wildman–Crippen LogP) is 1.09. The van der Waals surface area contributed by atoms with Crippen molar-refractivity contribution in [3.8, 4) is 0 Å². The second kappa shape index (κ2) is 6.36. The summed E-state index contributed by atoms with van der Waals surface area (Å²) in [6.07, 6.45) is 4.04. The predicted molar refractivity (Wildman–Crippen MR) is 68.8 cm³/mol. The fourth-order valence-corrected chi connectivity index (χ4v) is 2.86. The Morgan fingerprint density at radius 2 is 1.82 bits per heavy atom. The Bertz CT molecular complexity index is 250. The van der Waals surface area contributed by atoms with Crippen LogP contribution in [0.5, 0.6) is 0 Å². The van der Waals surface area contributed by atoms with E-state index in [1.807, 2.05) is 4.90 Å². The third kappa shape index (κ3) is 3.68. The minimum absolute atomic E-state index is 0. The number of carbonyl (C=O) groups excluding carboxylic acids is 1. The lowest BCUT2D eigenvalue weighted by Gasteiger charge is -2.41. The van der Waals surface area contributed by atoms with E-state index in [2.05, 4.69) is 4.90 Å². The number of rotatable bonds is 1. The van der Waals surface area contributed by atoms with Gasteiger partial charge in [-0.05, 0) is 32.2 Å². The van der Waals surface area contributed by atoms with Gasteiger partial charge in [-0.25, -0.2) is 0 Å². The van der Waals surface area contributed by atoms with Crippen LogP contribution in [0.2, 0.25) is 0 Å². The number of hydrogen-bond acceptors (Lipinski definition) is 3. The molecule has 1 atom stereocenters. The van der Waals surface area contributed by atoms with Gasteiger partial charge in [-0.1, -0.05) is 7.43 Å². The Kier molecular flexibility index (Phi) is 5.40. The molecular formula is C13H26N2O2. The van der Waals surface area contributed by atoms with E-state index < -0.39 is 0 Å². The smallest absolute Gasteiger partial charge is 0.219 e. The molecule has 0 aliphatic carbocycles. The highest BCUT2D eigenvalue weighted by Gasteiger charge is 2.28. The summed E-state index contributed by atoms with van der Waals surface area (Å²) >= 11 is 0. The van der Waals surface area contributed by atoms with Gasteiger partial charge >= 0.3 is 0 Å². The monoisotopic (exact) mass is 242 g/mol. The zero-order chi connectivity index (χ0) is 11.5. The van der Waals surface area contributed by atoms with Crippen LogP contribution in [0.25, 0.3) is 0 Å². The molecule has 1 amide bonds. The molecule has 0 spiro atoms. The lowest BCUT2D eigenvalue weighted by atomic mass is 9.99. The Labute approximate surface area is 105 Å². The van der Waals surface area contributed by atoms with Crippen molar-refractivity contribution >= 4 is 5.91 Å². The number of nitrogens with zero attached hydrogens (tertiary/aromatic N) is 2. The largest absolute Gasteiger partial charge is 0.392 e. The molecule has 17 heavy (non-hydrogen) atoms. The van der Waals surface area contributed by atoms with Gasteiger partial charge in [0.1, 0.15) is 0 Å². The van der Waals surface area contributed by atoms with Gasteiger partial charge in [0.25, 0.3) is 0 Å². The average Bonchev–Trinajstić information content (AvgIpc) is 2.29. The highest BCUT2D eigenvalue weighted by molar-refractivity contribution is 5.73. The van der Waals surface area contributed by atoms with Crippen LogP contribution in [-0.4, -0.2) is 59.1 Å². The van der Waals surface area contributed by atoms with Gasteiger partial charge in [0.2, 0.25) is 5.91 Å². The van der Waals surface area contributed by atoms with Crippen LogP contribution in [0.3, 0.4) is 0 Å². The van der Waals surface area contributed by atoms with Gasteiger partial charge in [-0.15, -0.1) is 0 Å². The van der Waals surface area contributed by atoms with Gasteiger partial charge in [-0.3, -0.25) is 9.69 Å². The summed E-state index contributed by atoms with van der Waals surface area (Å²) in [6.45, 7) is 5.34.